The fourth-order valence-corrected chi connectivity index (χ4v) is 4.05. The van der Waals surface area contributed by atoms with Gasteiger partial charge in [-0.25, -0.2) is 5.43 Å². The molecule has 1 aliphatic heterocycles. The van der Waals surface area contributed by atoms with Crippen molar-refractivity contribution in [2.45, 2.75) is 64.1 Å². The molecular weight excluding hydrogens is 502 g/mol. The summed E-state index contributed by atoms with van der Waals surface area (Å²) in [5, 5.41) is 14.7. The van der Waals surface area contributed by atoms with Crippen molar-refractivity contribution in [2.24, 2.45) is 11.7 Å². The summed E-state index contributed by atoms with van der Waals surface area (Å²) in [6.07, 6.45) is 2.86. The van der Waals surface area contributed by atoms with E-state index in [1.165, 1.54) is 10.4 Å². The molecule has 0 spiro atoms. The highest BCUT2D eigenvalue weighted by Gasteiger charge is 2.36. The Balaban J connectivity index is 0.000000212. The number of nitrogens with one attached hydrogen (secondary N) is 2. The summed E-state index contributed by atoms with van der Waals surface area (Å²) in [5.74, 6) is -1.37. The molecule has 184 valence electrons. The number of rotatable bonds is 6. The van der Waals surface area contributed by atoms with E-state index in [1.54, 1.807) is 6.92 Å². The standard InChI is InChI=1S/C13H22N4O4.C11H10BrN/c1-7(15-12(20)10(18)8-4-5-8)13(21)17-6-2-3-9(16-17)11(14)19;1-2-10-6-4-8-3-5-9(12)7-11(8)13-10/h7-10,16,18H,2-6H2,1H3,(H2,14,19)(H,15,20);3-7H,2H2,1H3. The van der Waals surface area contributed by atoms with Crippen molar-refractivity contribution in [3.05, 3.63) is 40.5 Å². The van der Waals surface area contributed by atoms with Gasteiger partial charge in [-0.3, -0.25) is 24.4 Å². The van der Waals surface area contributed by atoms with Crippen molar-refractivity contribution in [3.8, 4) is 0 Å². The van der Waals surface area contributed by atoms with Gasteiger partial charge in [-0.15, -0.1) is 0 Å². The molecule has 0 radical (unpaired) electrons. The van der Waals surface area contributed by atoms with E-state index in [0.29, 0.717) is 19.4 Å². The minimum atomic E-state index is -1.05. The van der Waals surface area contributed by atoms with Crippen LogP contribution in [0.15, 0.2) is 34.8 Å². The second-order valence-corrected chi connectivity index (χ2v) is 9.64. The van der Waals surface area contributed by atoms with Crippen LogP contribution in [0.2, 0.25) is 0 Å². The van der Waals surface area contributed by atoms with Crippen LogP contribution in [-0.4, -0.2) is 57.6 Å². The van der Waals surface area contributed by atoms with Crippen molar-refractivity contribution in [1.29, 1.82) is 0 Å². The van der Waals surface area contributed by atoms with Crippen molar-refractivity contribution in [3.63, 3.8) is 0 Å². The number of nitrogens with two attached hydrogens (primary N) is 1. The first-order valence-electron chi connectivity index (χ1n) is 11.6. The second-order valence-electron chi connectivity index (χ2n) is 8.72. The number of carbonyl (C=O) groups is 3. The number of aliphatic hydroxyl groups is 1. The Morgan fingerprint density at radius 2 is 1.97 bits per heavy atom. The lowest BCUT2D eigenvalue weighted by atomic mass is 10.1. The van der Waals surface area contributed by atoms with E-state index < -0.39 is 30.0 Å². The molecule has 2 fully saturated rings. The first-order chi connectivity index (χ1) is 16.2. The van der Waals surface area contributed by atoms with E-state index in [2.05, 4.69) is 62.8 Å². The Morgan fingerprint density at radius 3 is 2.62 bits per heavy atom. The van der Waals surface area contributed by atoms with Crippen LogP contribution in [0.25, 0.3) is 10.9 Å². The highest BCUT2D eigenvalue weighted by Crippen LogP contribution is 2.32. The molecule has 3 unspecified atom stereocenters. The maximum atomic E-state index is 12.2. The highest BCUT2D eigenvalue weighted by atomic mass is 79.9. The van der Waals surface area contributed by atoms with Crippen LogP contribution in [0.4, 0.5) is 0 Å². The Kier molecular flexibility index (Phi) is 8.98. The van der Waals surface area contributed by atoms with Gasteiger partial charge in [0.25, 0.3) is 5.91 Å². The quantitative estimate of drug-likeness (QED) is 0.446. The Labute approximate surface area is 207 Å². The van der Waals surface area contributed by atoms with Crippen LogP contribution in [0.3, 0.4) is 0 Å². The predicted octanol–water partition coefficient (Wildman–Crippen LogP) is 1.80. The number of pyridine rings is 1. The van der Waals surface area contributed by atoms with E-state index in [1.807, 2.05) is 6.07 Å². The summed E-state index contributed by atoms with van der Waals surface area (Å²) in [6.45, 7) is 4.12. The van der Waals surface area contributed by atoms with Gasteiger partial charge in [-0.05, 0) is 63.1 Å². The number of hydrazine groups is 1. The topological polar surface area (TPSA) is 138 Å². The first kappa shape index (κ1) is 26.1. The number of aliphatic hydroxyl groups excluding tert-OH is 1. The lowest BCUT2D eigenvalue weighted by Crippen LogP contribution is -2.60. The molecule has 1 aromatic heterocycles. The molecule has 9 nitrogen and oxygen atoms in total. The third-order valence-corrected chi connectivity index (χ3v) is 6.43. The van der Waals surface area contributed by atoms with Crippen LogP contribution in [-0.2, 0) is 20.8 Å². The summed E-state index contributed by atoms with van der Waals surface area (Å²) in [4.78, 5) is 39.7. The zero-order valence-electron chi connectivity index (χ0n) is 19.5. The molecule has 2 heterocycles. The molecule has 4 rings (SSSR count). The number of fused-ring (bicyclic) bond motifs is 1. The average molecular weight is 534 g/mol. The number of carbonyl (C=O) groups excluding carboxylic acids is 3. The SMILES string of the molecule is CC(NC(=O)C(O)C1CC1)C(=O)N1CCCC(C(N)=O)N1.CCc1ccc2ccc(Br)cc2n1. The van der Waals surface area contributed by atoms with Gasteiger partial charge >= 0.3 is 0 Å². The van der Waals surface area contributed by atoms with Crippen molar-refractivity contribution >= 4 is 44.6 Å². The van der Waals surface area contributed by atoms with E-state index in [0.717, 1.165) is 34.9 Å². The van der Waals surface area contributed by atoms with Gasteiger partial charge in [0, 0.05) is 22.1 Å². The predicted molar refractivity (Wildman–Crippen MR) is 132 cm³/mol. The number of hydrogen-bond donors (Lipinski definition) is 4. The fraction of sp³-hybridized carbons (Fsp3) is 0.500. The average Bonchev–Trinajstić information content (AvgIpc) is 3.68. The van der Waals surface area contributed by atoms with Crippen LogP contribution < -0.4 is 16.5 Å². The molecule has 1 saturated carbocycles. The first-order valence-corrected chi connectivity index (χ1v) is 12.4. The molecule has 10 heteroatoms. The van der Waals surface area contributed by atoms with Crippen molar-refractivity contribution in [1.82, 2.24) is 20.7 Å². The highest BCUT2D eigenvalue weighted by molar-refractivity contribution is 9.10. The van der Waals surface area contributed by atoms with E-state index in [-0.39, 0.29) is 11.8 Å². The lowest BCUT2D eigenvalue weighted by molar-refractivity contribution is -0.143. The Hall–Kier alpha value is -2.56. The number of aromatic nitrogens is 1. The Morgan fingerprint density at radius 1 is 1.26 bits per heavy atom. The maximum absolute atomic E-state index is 12.2. The minimum Gasteiger partial charge on any atom is -0.383 e. The van der Waals surface area contributed by atoms with Gasteiger partial charge in [0.1, 0.15) is 18.2 Å². The second kappa shape index (κ2) is 11.7. The van der Waals surface area contributed by atoms with Crippen LogP contribution in [0.1, 0.15) is 45.2 Å². The summed E-state index contributed by atoms with van der Waals surface area (Å²) < 4.78 is 1.08. The number of halogens is 1. The van der Waals surface area contributed by atoms with Gasteiger partial charge in [0.05, 0.1) is 5.52 Å². The molecule has 1 aromatic carbocycles. The zero-order valence-corrected chi connectivity index (χ0v) is 21.0. The fourth-order valence-electron chi connectivity index (χ4n) is 3.70. The van der Waals surface area contributed by atoms with E-state index in [9.17, 15) is 19.5 Å². The van der Waals surface area contributed by atoms with Crippen molar-refractivity contribution < 1.29 is 19.5 Å². The minimum absolute atomic E-state index is 0.0136. The largest absolute Gasteiger partial charge is 0.383 e. The maximum Gasteiger partial charge on any atom is 0.258 e. The monoisotopic (exact) mass is 533 g/mol. The summed E-state index contributed by atoms with van der Waals surface area (Å²) in [5.41, 5.74) is 10.2. The molecular formula is C24H32BrN5O4. The van der Waals surface area contributed by atoms with E-state index in [4.69, 9.17) is 5.73 Å². The van der Waals surface area contributed by atoms with Crippen LogP contribution in [0.5, 0.6) is 0 Å². The van der Waals surface area contributed by atoms with Gasteiger partial charge in [0.15, 0.2) is 0 Å². The third-order valence-electron chi connectivity index (χ3n) is 5.94. The molecule has 5 N–H and O–H groups in total. The normalized spacial score (nSPS) is 19.5. The summed E-state index contributed by atoms with van der Waals surface area (Å²) in [6, 6.07) is 9.02. The van der Waals surface area contributed by atoms with Gasteiger partial charge in [-0.1, -0.05) is 35.0 Å². The number of nitrogens with zero attached hydrogens (tertiary/aromatic N) is 2. The van der Waals surface area contributed by atoms with Crippen LogP contribution >= 0.6 is 15.9 Å². The van der Waals surface area contributed by atoms with Gasteiger partial charge in [0.2, 0.25) is 11.8 Å². The molecule has 1 saturated heterocycles. The summed E-state index contributed by atoms with van der Waals surface area (Å²) in [7, 11) is 0. The number of hydrogen-bond acceptors (Lipinski definition) is 6. The van der Waals surface area contributed by atoms with Gasteiger partial charge < -0.3 is 16.2 Å². The van der Waals surface area contributed by atoms with Crippen LogP contribution in [0, 0.1) is 5.92 Å². The summed E-state index contributed by atoms with van der Waals surface area (Å²) >= 11 is 3.44. The molecule has 2 aliphatic rings. The molecule has 2 aromatic rings. The molecule has 34 heavy (non-hydrogen) atoms. The lowest BCUT2D eigenvalue weighted by Gasteiger charge is -2.34. The smallest absolute Gasteiger partial charge is 0.258 e. The Bertz CT molecular complexity index is 1050. The number of primary amides is 1. The molecule has 0 bridgehead atoms. The van der Waals surface area contributed by atoms with E-state index >= 15 is 0 Å². The third kappa shape index (κ3) is 6.97. The molecule has 3 amide bonds. The number of amides is 3. The zero-order chi connectivity index (χ0) is 24.8. The molecule has 3 atom stereocenters. The molecule has 1 aliphatic carbocycles. The van der Waals surface area contributed by atoms with Crippen molar-refractivity contribution in [2.75, 3.05) is 6.54 Å². The number of aryl methyl sites for hydroxylation is 1. The number of benzene rings is 1. The van der Waals surface area contributed by atoms with Gasteiger partial charge in [-0.2, -0.15) is 0 Å².